The normalized spacial score (nSPS) is 18.0. The zero-order valence-corrected chi connectivity index (χ0v) is 17.8. The van der Waals surface area contributed by atoms with Crippen molar-refractivity contribution in [2.24, 2.45) is 4.99 Å². The first kappa shape index (κ1) is 21.5. The molecule has 1 saturated heterocycles. The maximum atomic E-state index is 6.08. The average Bonchev–Trinajstić information content (AvgIpc) is 3.14. The Labute approximate surface area is 164 Å². The van der Waals surface area contributed by atoms with Gasteiger partial charge in [-0.2, -0.15) is 0 Å². The highest BCUT2D eigenvalue weighted by Crippen LogP contribution is 2.22. The van der Waals surface area contributed by atoms with Gasteiger partial charge in [0.2, 0.25) is 0 Å². The highest BCUT2D eigenvalue weighted by molar-refractivity contribution is 5.79. The lowest BCUT2D eigenvalue weighted by molar-refractivity contribution is 0.0676. The third-order valence-electron chi connectivity index (χ3n) is 5.24. The quantitative estimate of drug-likeness (QED) is 0.539. The van der Waals surface area contributed by atoms with E-state index in [4.69, 9.17) is 9.47 Å². The Kier molecular flexibility index (Phi) is 7.92. The van der Waals surface area contributed by atoms with E-state index in [1.165, 1.54) is 5.56 Å². The number of rotatable bonds is 8. The third-order valence-corrected chi connectivity index (χ3v) is 5.24. The molecule has 0 amide bonds. The van der Waals surface area contributed by atoms with Crippen LogP contribution in [0.5, 0.6) is 5.75 Å². The van der Waals surface area contributed by atoms with Gasteiger partial charge in [0.25, 0.3) is 0 Å². The molecular weight excluding hydrogens is 340 g/mol. The molecular formula is C21H36N4O2. The Morgan fingerprint density at radius 1 is 1.33 bits per heavy atom. The molecule has 27 heavy (non-hydrogen) atoms. The topological polar surface area (TPSA) is 58.1 Å². The van der Waals surface area contributed by atoms with Gasteiger partial charge in [0.1, 0.15) is 12.4 Å². The second kappa shape index (κ2) is 9.95. The first-order valence-electron chi connectivity index (χ1n) is 9.77. The minimum Gasteiger partial charge on any atom is -0.491 e. The van der Waals surface area contributed by atoms with Crippen LogP contribution in [0.15, 0.2) is 23.2 Å². The monoisotopic (exact) mass is 376 g/mol. The van der Waals surface area contributed by atoms with Crippen molar-refractivity contribution in [3.8, 4) is 5.75 Å². The maximum absolute atomic E-state index is 6.08. The van der Waals surface area contributed by atoms with Crippen molar-refractivity contribution < 1.29 is 9.47 Å². The van der Waals surface area contributed by atoms with Gasteiger partial charge in [-0.3, -0.25) is 4.99 Å². The molecule has 0 aliphatic carbocycles. The summed E-state index contributed by atoms with van der Waals surface area (Å²) in [7, 11) is 5.96. The molecule has 0 bridgehead atoms. The van der Waals surface area contributed by atoms with Crippen LogP contribution in [-0.4, -0.2) is 63.4 Å². The molecule has 0 radical (unpaired) electrons. The Balaban J connectivity index is 1.93. The summed E-state index contributed by atoms with van der Waals surface area (Å²) in [5.74, 6) is 1.71. The number of nitrogens with one attached hydrogen (secondary N) is 2. The van der Waals surface area contributed by atoms with E-state index in [0.29, 0.717) is 13.2 Å². The summed E-state index contributed by atoms with van der Waals surface area (Å²) in [5.41, 5.74) is 2.35. The van der Waals surface area contributed by atoms with Crippen molar-refractivity contribution >= 4 is 5.96 Å². The molecule has 1 heterocycles. The summed E-state index contributed by atoms with van der Waals surface area (Å²) >= 11 is 0. The highest BCUT2D eigenvalue weighted by Gasteiger charge is 2.20. The van der Waals surface area contributed by atoms with E-state index >= 15 is 0 Å². The Bertz CT molecular complexity index is 623. The lowest BCUT2D eigenvalue weighted by Crippen LogP contribution is -2.50. The molecule has 1 aromatic carbocycles. The molecule has 6 nitrogen and oxygen atoms in total. The van der Waals surface area contributed by atoms with E-state index in [0.717, 1.165) is 43.3 Å². The molecule has 1 unspecified atom stereocenters. The SMILES string of the molecule is CN=C(NCc1ccc(C)cc1OCC1CCCO1)NCC(C)(C)N(C)C. The summed E-state index contributed by atoms with van der Waals surface area (Å²) < 4.78 is 11.8. The molecule has 1 fully saturated rings. The minimum atomic E-state index is 0.0387. The van der Waals surface area contributed by atoms with Gasteiger partial charge in [-0.25, -0.2) is 0 Å². The standard InChI is InChI=1S/C21H36N4O2/c1-16-9-10-17(19(12-16)27-14-18-8-7-11-26-18)13-23-20(22-4)24-15-21(2,3)25(5)6/h9-10,12,18H,7-8,11,13-15H2,1-6H3,(H2,22,23,24). The number of aryl methyl sites for hydroxylation is 1. The van der Waals surface area contributed by atoms with Gasteiger partial charge in [0, 0.05) is 37.8 Å². The number of hydrogen-bond donors (Lipinski definition) is 2. The van der Waals surface area contributed by atoms with E-state index in [2.05, 4.69) is 73.6 Å². The largest absolute Gasteiger partial charge is 0.491 e. The fourth-order valence-electron chi connectivity index (χ4n) is 2.76. The van der Waals surface area contributed by atoms with Crippen molar-refractivity contribution in [2.75, 3.05) is 40.9 Å². The van der Waals surface area contributed by atoms with Crippen LogP contribution in [0, 0.1) is 6.92 Å². The smallest absolute Gasteiger partial charge is 0.191 e. The first-order chi connectivity index (χ1) is 12.8. The zero-order valence-electron chi connectivity index (χ0n) is 17.8. The third kappa shape index (κ3) is 6.70. The van der Waals surface area contributed by atoms with Gasteiger partial charge in [-0.15, -0.1) is 0 Å². The second-order valence-corrected chi connectivity index (χ2v) is 8.04. The van der Waals surface area contributed by atoms with Crippen molar-refractivity contribution in [3.63, 3.8) is 0 Å². The predicted molar refractivity (Wildman–Crippen MR) is 112 cm³/mol. The van der Waals surface area contributed by atoms with Gasteiger partial charge >= 0.3 is 0 Å². The average molecular weight is 377 g/mol. The number of ether oxygens (including phenoxy) is 2. The lowest BCUT2D eigenvalue weighted by Gasteiger charge is -2.33. The number of aliphatic imine (C=N–C) groups is 1. The maximum Gasteiger partial charge on any atom is 0.191 e. The van der Waals surface area contributed by atoms with Crippen molar-refractivity contribution in [3.05, 3.63) is 29.3 Å². The summed E-state index contributed by atoms with van der Waals surface area (Å²) in [6, 6.07) is 6.32. The Morgan fingerprint density at radius 3 is 2.74 bits per heavy atom. The van der Waals surface area contributed by atoms with Gasteiger partial charge in [0.05, 0.1) is 6.10 Å². The molecule has 2 rings (SSSR count). The Hall–Kier alpha value is -1.79. The van der Waals surface area contributed by atoms with E-state index in [9.17, 15) is 0 Å². The van der Waals surface area contributed by atoms with Gasteiger partial charge in [-0.05, 0) is 59.3 Å². The van der Waals surface area contributed by atoms with Gasteiger partial charge in [0.15, 0.2) is 5.96 Å². The van der Waals surface area contributed by atoms with Crippen LogP contribution in [-0.2, 0) is 11.3 Å². The van der Waals surface area contributed by atoms with E-state index in [1.807, 2.05) is 0 Å². The van der Waals surface area contributed by atoms with Crippen LogP contribution in [0.4, 0.5) is 0 Å². The fraction of sp³-hybridized carbons (Fsp3) is 0.667. The Morgan fingerprint density at radius 2 is 2.11 bits per heavy atom. The number of nitrogens with zero attached hydrogens (tertiary/aromatic N) is 2. The van der Waals surface area contributed by atoms with E-state index < -0.39 is 0 Å². The molecule has 6 heteroatoms. The molecule has 1 aliphatic heterocycles. The van der Waals surface area contributed by atoms with Gasteiger partial charge < -0.3 is 25.0 Å². The number of hydrogen-bond acceptors (Lipinski definition) is 4. The summed E-state index contributed by atoms with van der Waals surface area (Å²) in [4.78, 5) is 6.54. The molecule has 152 valence electrons. The lowest BCUT2D eigenvalue weighted by atomic mass is 10.0. The van der Waals surface area contributed by atoms with Crippen LogP contribution in [0.2, 0.25) is 0 Å². The van der Waals surface area contributed by atoms with Crippen molar-refractivity contribution in [2.45, 2.75) is 51.8 Å². The molecule has 1 atom stereocenters. The van der Waals surface area contributed by atoms with E-state index in [1.54, 1.807) is 7.05 Å². The van der Waals surface area contributed by atoms with Crippen LogP contribution in [0.3, 0.4) is 0 Å². The van der Waals surface area contributed by atoms with E-state index in [-0.39, 0.29) is 11.6 Å². The van der Waals surface area contributed by atoms with Crippen LogP contribution < -0.4 is 15.4 Å². The molecule has 0 aromatic heterocycles. The summed E-state index contributed by atoms with van der Waals surface area (Å²) in [6.07, 6.45) is 2.42. The fourth-order valence-corrected chi connectivity index (χ4v) is 2.76. The summed E-state index contributed by atoms with van der Waals surface area (Å²) in [6.45, 7) is 9.40. The predicted octanol–water partition coefficient (Wildman–Crippen LogP) is 2.56. The molecule has 0 saturated carbocycles. The number of likely N-dealkylation sites (N-methyl/N-ethyl adjacent to an activating group) is 1. The second-order valence-electron chi connectivity index (χ2n) is 8.04. The molecule has 1 aliphatic rings. The number of guanidine groups is 1. The highest BCUT2D eigenvalue weighted by atomic mass is 16.5. The zero-order chi connectivity index (χ0) is 19.9. The van der Waals surface area contributed by atoms with Crippen LogP contribution in [0.25, 0.3) is 0 Å². The van der Waals surface area contributed by atoms with Crippen molar-refractivity contribution in [1.29, 1.82) is 0 Å². The van der Waals surface area contributed by atoms with Gasteiger partial charge in [-0.1, -0.05) is 12.1 Å². The summed E-state index contributed by atoms with van der Waals surface area (Å²) in [5, 5.41) is 6.80. The molecule has 2 N–H and O–H groups in total. The number of benzene rings is 1. The minimum absolute atomic E-state index is 0.0387. The van der Waals surface area contributed by atoms with Crippen LogP contribution in [0.1, 0.15) is 37.8 Å². The first-order valence-corrected chi connectivity index (χ1v) is 9.77. The van der Waals surface area contributed by atoms with Crippen LogP contribution >= 0.6 is 0 Å². The molecule has 0 spiro atoms. The van der Waals surface area contributed by atoms with Crippen molar-refractivity contribution in [1.82, 2.24) is 15.5 Å². The molecule has 1 aromatic rings.